The van der Waals surface area contributed by atoms with Crippen molar-refractivity contribution in [3.05, 3.63) is 24.3 Å². The van der Waals surface area contributed by atoms with E-state index in [9.17, 15) is 4.79 Å². The average molecular weight is 265 g/mol. The number of ether oxygens (including phenoxy) is 1. The maximum absolute atomic E-state index is 11.8. The quantitative estimate of drug-likeness (QED) is 0.804. The van der Waals surface area contributed by atoms with Crippen molar-refractivity contribution in [2.45, 2.75) is 42.9 Å². The van der Waals surface area contributed by atoms with Crippen molar-refractivity contribution in [1.82, 2.24) is 5.32 Å². The van der Waals surface area contributed by atoms with Crippen molar-refractivity contribution in [3.8, 4) is 5.75 Å². The van der Waals surface area contributed by atoms with Crippen LogP contribution in [0.2, 0.25) is 0 Å². The SMILES string of the molecule is CCOc1ccc(S[C@H](C)C(=O)NC2CC2)cc1. The lowest BCUT2D eigenvalue weighted by molar-refractivity contribution is -0.120. The highest BCUT2D eigenvalue weighted by atomic mass is 32.2. The Morgan fingerprint density at radius 2 is 2.11 bits per heavy atom. The summed E-state index contributed by atoms with van der Waals surface area (Å²) >= 11 is 1.58. The van der Waals surface area contributed by atoms with Crippen LogP contribution in [0.5, 0.6) is 5.75 Å². The molecule has 1 aliphatic carbocycles. The molecule has 3 nitrogen and oxygen atoms in total. The normalized spacial score (nSPS) is 16.1. The molecule has 2 rings (SSSR count). The van der Waals surface area contributed by atoms with E-state index >= 15 is 0 Å². The van der Waals surface area contributed by atoms with E-state index in [0.717, 1.165) is 23.5 Å². The third-order valence-electron chi connectivity index (χ3n) is 2.74. The average Bonchev–Trinajstić information content (AvgIpc) is 3.16. The summed E-state index contributed by atoms with van der Waals surface area (Å²) in [5.74, 6) is 1.01. The molecule has 98 valence electrons. The zero-order valence-corrected chi connectivity index (χ0v) is 11.6. The van der Waals surface area contributed by atoms with Crippen molar-refractivity contribution in [1.29, 1.82) is 0 Å². The topological polar surface area (TPSA) is 38.3 Å². The highest BCUT2D eigenvalue weighted by Gasteiger charge is 2.25. The summed E-state index contributed by atoms with van der Waals surface area (Å²) in [4.78, 5) is 12.9. The second-order valence-corrected chi connectivity index (χ2v) is 5.86. The first-order chi connectivity index (χ1) is 8.69. The third-order valence-corrected chi connectivity index (χ3v) is 3.85. The van der Waals surface area contributed by atoms with E-state index in [1.165, 1.54) is 0 Å². The van der Waals surface area contributed by atoms with E-state index in [4.69, 9.17) is 4.74 Å². The number of carbonyl (C=O) groups is 1. The Balaban J connectivity index is 1.85. The van der Waals surface area contributed by atoms with E-state index < -0.39 is 0 Å². The Kier molecular flexibility index (Phi) is 4.53. The second-order valence-electron chi connectivity index (χ2n) is 4.45. The standard InChI is InChI=1S/C14H19NO2S/c1-3-17-12-6-8-13(9-7-12)18-10(2)14(16)15-11-4-5-11/h6-11H,3-5H2,1-2H3,(H,15,16)/t10-/m1/s1. The van der Waals surface area contributed by atoms with Crippen LogP contribution in [0.25, 0.3) is 0 Å². The van der Waals surface area contributed by atoms with E-state index in [-0.39, 0.29) is 11.2 Å². The van der Waals surface area contributed by atoms with Gasteiger partial charge in [0.15, 0.2) is 0 Å². The van der Waals surface area contributed by atoms with Gasteiger partial charge in [0.1, 0.15) is 5.75 Å². The van der Waals surface area contributed by atoms with Gasteiger partial charge >= 0.3 is 0 Å². The highest BCUT2D eigenvalue weighted by Crippen LogP contribution is 2.26. The predicted molar refractivity (Wildman–Crippen MR) is 74.1 cm³/mol. The van der Waals surface area contributed by atoms with Gasteiger partial charge in [0.2, 0.25) is 5.91 Å². The third kappa shape index (κ3) is 3.95. The van der Waals surface area contributed by atoms with Gasteiger partial charge in [-0.15, -0.1) is 11.8 Å². The molecule has 1 fully saturated rings. The van der Waals surface area contributed by atoms with Gasteiger partial charge in [-0.3, -0.25) is 4.79 Å². The van der Waals surface area contributed by atoms with E-state index in [1.54, 1.807) is 11.8 Å². The van der Waals surface area contributed by atoms with E-state index in [0.29, 0.717) is 12.6 Å². The zero-order chi connectivity index (χ0) is 13.0. The summed E-state index contributed by atoms with van der Waals surface area (Å²) in [5.41, 5.74) is 0. The lowest BCUT2D eigenvalue weighted by atomic mass is 10.3. The van der Waals surface area contributed by atoms with Crippen molar-refractivity contribution in [3.63, 3.8) is 0 Å². The van der Waals surface area contributed by atoms with Crippen LogP contribution in [0.3, 0.4) is 0 Å². The molecule has 0 unspecified atom stereocenters. The van der Waals surface area contributed by atoms with Gasteiger partial charge in [-0.25, -0.2) is 0 Å². The molecule has 0 saturated heterocycles. The number of carbonyl (C=O) groups excluding carboxylic acids is 1. The Bertz CT molecular complexity index is 401. The van der Waals surface area contributed by atoms with Crippen molar-refractivity contribution in [2.75, 3.05) is 6.61 Å². The van der Waals surface area contributed by atoms with Crippen molar-refractivity contribution < 1.29 is 9.53 Å². The molecule has 1 saturated carbocycles. The van der Waals surface area contributed by atoms with Crippen LogP contribution in [0.1, 0.15) is 26.7 Å². The van der Waals surface area contributed by atoms with Gasteiger partial charge in [-0.2, -0.15) is 0 Å². The van der Waals surface area contributed by atoms with Crippen LogP contribution in [0.4, 0.5) is 0 Å². The molecule has 0 radical (unpaired) electrons. The molecular formula is C14H19NO2S. The largest absolute Gasteiger partial charge is 0.494 e. The van der Waals surface area contributed by atoms with Gasteiger partial charge in [0.25, 0.3) is 0 Å². The molecule has 0 heterocycles. The highest BCUT2D eigenvalue weighted by molar-refractivity contribution is 8.00. The monoisotopic (exact) mass is 265 g/mol. The lowest BCUT2D eigenvalue weighted by Crippen LogP contribution is -2.32. The fourth-order valence-corrected chi connectivity index (χ4v) is 2.46. The second kappa shape index (κ2) is 6.14. The van der Waals surface area contributed by atoms with Crippen molar-refractivity contribution >= 4 is 17.7 Å². The first-order valence-corrected chi connectivity index (χ1v) is 7.27. The Hall–Kier alpha value is -1.16. The van der Waals surface area contributed by atoms with Gasteiger partial charge in [-0.05, 0) is 51.0 Å². The van der Waals surface area contributed by atoms with Gasteiger partial charge < -0.3 is 10.1 Å². The number of rotatable bonds is 6. The summed E-state index contributed by atoms with van der Waals surface area (Å²) in [5, 5.41) is 2.97. The molecular weight excluding hydrogens is 246 g/mol. The lowest BCUT2D eigenvalue weighted by Gasteiger charge is -2.11. The molecule has 0 bridgehead atoms. The van der Waals surface area contributed by atoms with Crippen LogP contribution in [-0.2, 0) is 4.79 Å². The smallest absolute Gasteiger partial charge is 0.233 e. The fourth-order valence-electron chi connectivity index (χ4n) is 1.58. The Morgan fingerprint density at radius 3 is 2.67 bits per heavy atom. The van der Waals surface area contributed by atoms with Crippen LogP contribution < -0.4 is 10.1 Å². The number of benzene rings is 1. The van der Waals surface area contributed by atoms with Gasteiger partial charge in [-0.1, -0.05) is 0 Å². The fraction of sp³-hybridized carbons (Fsp3) is 0.500. The van der Waals surface area contributed by atoms with Crippen LogP contribution in [-0.4, -0.2) is 23.8 Å². The first-order valence-electron chi connectivity index (χ1n) is 6.39. The zero-order valence-electron chi connectivity index (χ0n) is 10.8. The summed E-state index contributed by atoms with van der Waals surface area (Å²) in [6.07, 6.45) is 2.26. The van der Waals surface area contributed by atoms with Crippen LogP contribution in [0, 0.1) is 0 Å². The van der Waals surface area contributed by atoms with Crippen LogP contribution >= 0.6 is 11.8 Å². The minimum absolute atomic E-state index is 0.0523. The minimum atomic E-state index is -0.0523. The maximum Gasteiger partial charge on any atom is 0.233 e. The number of amides is 1. The first kappa shape index (κ1) is 13.3. The summed E-state index contributed by atoms with van der Waals surface area (Å²) in [6.45, 7) is 4.58. The number of hydrogen-bond acceptors (Lipinski definition) is 3. The summed E-state index contributed by atoms with van der Waals surface area (Å²) in [7, 11) is 0. The molecule has 0 aliphatic heterocycles. The molecule has 1 aromatic carbocycles. The van der Waals surface area contributed by atoms with E-state index in [2.05, 4.69) is 5.32 Å². The molecule has 1 amide bonds. The van der Waals surface area contributed by atoms with Gasteiger partial charge in [0.05, 0.1) is 11.9 Å². The van der Waals surface area contributed by atoms with E-state index in [1.807, 2.05) is 38.1 Å². The number of nitrogens with one attached hydrogen (secondary N) is 1. The Labute approximate surface area is 112 Å². The van der Waals surface area contributed by atoms with Crippen LogP contribution in [0.15, 0.2) is 29.2 Å². The molecule has 0 aromatic heterocycles. The Morgan fingerprint density at radius 1 is 1.44 bits per heavy atom. The maximum atomic E-state index is 11.8. The molecule has 1 atom stereocenters. The van der Waals surface area contributed by atoms with Gasteiger partial charge in [0, 0.05) is 10.9 Å². The number of hydrogen-bond donors (Lipinski definition) is 1. The molecule has 1 N–H and O–H groups in total. The molecule has 0 spiro atoms. The summed E-state index contributed by atoms with van der Waals surface area (Å²) in [6, 6.07) is 8.31. The summed E-state index contributed by atoms with van der Waals surface area (Å²) < 4.78 is 5.39. The minimum Gasteiger partial charge on any atom is -0.494 e. The molecule has 4 heteroatoms. The molecule has 1 aromatic rings. The predicted octanol–water partition coefficient (Wildman–Crippen LogP) is 2.84. The molecule has 1 aliphatic rings. The van der Waals surface area contributed by atoms with Crippen molar-refractivity contribution in [2.24, 2.45) is 0 Å². The number of thioether (sulfide) groups is 1. The molecule has 18 heavy (non-hydrogen) atoms.